The van der Waals surface area contributed by atoms with Crippen molar-refractivity contribution in [3.05, 3.63) is 64.7 Å². The van der Waals surface area contributed by atoms with Crippen LogP contribution in [0, 0.1) is 0 Å². The number of carbonyl (C=O) groups excluding carboxylic acids is 3. The van der Waals surface area contributed by atoms with Gasteiger partial charge in [0.15, 0.2) is 6.10 Å². The average molecular weight is 492 g/mol. The van der Waals surface area contributed by atoms with E-state index >= 15 is 0 Å². The van der Waals surface area contributed by atoms with Crippen molar-refractivity contribution in [1.82, 2.24) is 4.90 Å². The Hall–Kier alpha value is -3.04. The maximum atomic E-state index is 12.1. The zero-order valence-electron chi connectivity index (χ0n) is 17.5. The molecule has 0 saturated carbocycles. The molecule has 0 radical (unpaired) electrons. The summed E-state index contributed by atoms with van der Waals surface area (Å²) in [6, 6.07) is 14.0. The van der Waals surface area contributed by atoms with E-state index in [4.69, 9.17) is 26.2 Å². The van der Waals surface area contributed by atoms with Crippen molar-refractivity contribution in [2.45, 2.75) is 30.6 Å². The van der Waals surface area contributed by atoms with Crippen LogP contribution in [0.3, 0.4) is 0 Å². The summed E-state index contributed by atoms with van der Waals surface area (Å²) in [5.74, 6) is -1.02. The van der Waals surface area contributed by atoms with Gasteiger partial charge in [-0.3, -0.25) is 24.1 Å². The third-order valence-corrected chi connectivity index (χ3v) is 6.32. The lowest BCUT2D eigenvalue weighted by molar-refractivity contribution is -0.153. The highest BCUT2D eigenvalue weighted by Crippen LogP contribution is 2.27. The molecule has 0 bridgehead atoms. The smallest absolute Gasteiger partial charge is 0.307 e. The minimum atomic E-state index is -1.08. The lowest BCUT2D eigenvalue weighted by atomic mass is 10.1. The van der Waals surface area contributed by atoms with E-state index < -0.39 is 18.0 Å². The summed E-state index contributed by atoms with van der Waals surface area (Å²) in [5.41, 5.74) is 1.55. The highest BCUT2D eigenvalue weighted by molar-refractivity contribution is 8.01. The molecular weight excluding hydrogens is 470 g/mol. The number of rotatable bonds is 11. The number of benzene rings is 2. The molecular formula is C23H22ClNO7S. The molecule has 1 fully saturated rings. The van der Waals surface area contributed by atoms with E-state index in [0.717, 1.165) is 5.56 Å². The van der Waals surface area contributed by atoms with Gasteiger partial charge < -0.3 is 14.6 Å². The molecule has 2 atom stereocenters. The summed E-state index contributed by atoms with van der Waals surface area (Å²) in [4.78, 5) is 46.9. The van der Waals surface area contributed by atoms with Gasteiger partial charge in [-0.2, -0.15) is 0 Å². The molecule has 1 aliphatic rings. The largest absolute Gasteiger partial charge is 0.489 e. The van der Waals surface area contributed by atoms with Gasteiger partial charge in [-0.05, 0) is 41.8 Å². The molecule has 3 rings (SSSR count). The van der Waals surface area contributed by atoms with Crippen molar-refractivity contribution < 1.29 is 33.8 Å². The van der Waals surface area contributed by atoms with Crippen LogP contribution < -0.4 is 4.74 Å². The zero-order chi connectivity index (χ0) is 23.8. The summed E-state index contributed by atoms with van der Waals surface area (Å²) in [5, 5.41) is 8.94. The summed E-state index contributed by atoms with van der Waals surface area (Å²) >= 11 is 7.48. The molecule has 33 heavy (non-hydrogen) atoms. The van der Waals surface area contributed by atoms with Crippen molar-refractivity contribution in [1.29, 1.82) is 0 Å². The second kappa shape index (κ2) is 11.7. The normalized spacial score (nSPS) is 16.3. The van der Waals surface area contributed by atoms with E-state index in [0.29, 0.717) is 35.0 Å². The fraction of sp³-hybridized carbons (Fsp3) is 0.304. The Kier molecular flexibility index (Phi) is 8.73. The number of esters is 1. The van der Waals surface area contributed by atoms with Crippen LogP contribution in [-0.2, 0) is 30.3 Å². The lowest BCUT2D eigenvalue weighted by Gasteiger charge is -2.19. The van der Waals surface area contributed by atoms with Crippen LogP contribution in [0.2, 0.25) is 5.02 Å². The van der Waals surface area contributed by atoms with Crippen LogP contribution in [0.25, 0.3) is 0 Å². The molecule has 8 nitrogen and oxygen atoms in total. The molecule has 0 aromatic heterocycles. The predicted molar refractivity (Wildman–Crippen MR) is 122 cm³/mol. The Balaban J connectivity index is 1.61. The summed E-state index contributed by atoms with van der Waals surface area (Å²) in [6.07, 6.45) is -0.292. The number of hydrogen-bond donors (Lipinski definition) is 1. The van der Waals surface area contributed by atoms with Gasteiger partial charge in [-0.1, -0.05) is 35.9 Å². The molecule has 1 N–H and O–H groups in total. The molecule has 2 amide bonds. The minimum absolute atomic E-state index is 0.00373. The van der Waals surface area contributed by atoms with Crippen molar-refractivity contribution in [3.63, 3.8) is 0 Å². The van der Waals surface area contributed by atoms with E-state index in [1.807, 2.05) is 12.1 Å². The first-order valence-corrected chi connectivity index (χ1v) is 11.5. The molecule has 1 aliphatic heterocycles. The van der Waals surface area contributed by atoms with Gasteiger partial charge in [-0.25, -0.2) is 0 Å². The molecule has 0 aliphatic carbocycles. The van der Waals surface area contributed by atoms with Crippen LogP contribution in [0.5, 0.6) is 5.75 Å². The number of carboxylic acids is 1. The first kappa shape index (κ1) is 24.6. The van der Waals surface area contributed by atoms with Gasteiger partial charge in [0, 0.05) is 5.02 Å². The highest BCUT2D eigenvalue weighted by Gasteiger charge is 2.32. The van der Waals surface area contributed by atoms with Gasteiger partial charge >= 0.3 is 11.9 Å². The van der Waals surface area contributed by atoms with Crippen LogP contribution in [0.4, 0.5) is 0 Å². The Morgan fingerprint density at radius 1 is 1.21 bits per heavy atom. The SMILES string of the molecule is O=CN1CSC(Cc2ccc(OCC(OC(=O)CCC(=O)O)c3cccc(Cl)c3)cc2)C1=O. The molecule has 2 unspecified atom stereocenters. The summed E-state index contributed by atoms with van der Waals surface area (Å²) < 4.78 is 11.3. The molecule has 2 aromatic rings. The van der Waals surface area contributed by atoms with Crippen molar-refractivity contribution in [3.8, 4) is 5.75 Å². The van der Waals surface area contributed by atoms with Gasteiger partial charge in [0.2, 0.25) is 12.3 Å². The van der Waals surface area contributed by atoms with Gasteiger partial charge in [0.05, 0.1) is 24.0 Å². The fourth-order valence-corrected chi connectivity index (χ4v) is 4.47. The maximum Gasteiger partial charge on any atom is 0.307 e. The molecule has 10 heteroatoms. The van der Waals surface area contributed by atoms with Gasteiger partial charge in [0.25, 0.3) is 0 Å². The second-order valence-electron chi connectivity index (χ2n) is 7.28. The number of halogens is 1. The highest BCUT2D eigenvalue weighted by atomic mass is 35.5. The third kappa shape index (κ3) is 7.23. The average Bonchev–Trinajstić information content (AvgIpc) is 3.15. The predicted octanol–water partition coefficient (Wildman–Crippen LogP) is 3.47. The number of thioether (sulfide) groups is 1. The summed E-state index contributed by atoms with van der Waals surface area (Å²) in [6.45, 7) is 0.00373. The number of amides is 2. The van der Waals surface area contributed by atoms with Crippen LogP contribution >= 0.6 is 23.4 Å². The quantitative estimate of drug-likeness (QED) is 0.376. The number of ether oxygens (including phenoxy) is 2. The minimum Gasteiger partial charge on any atom is -0.489 e. The first-order chi connectivity index (χ1) is 15.9. The van der Waals surface area contributed by atoms with E-state index in [1.165, 1.54) is 16.7 Å². The Morgan fingerprint density at radius 2 is 1.97 bits per heavy atom. The summed E-state index contributed by atoms with van der Waals surface area (Å²) in [7, 11) is 0. The second-order valence-corrected chi connectivity index (χ2v) is 8.88. The standard InChI is InChI=1S/C23H22ClNO7S/c24-17-3-1-2-16(11-17)19(32-22(29)9-8-21(27)28)12-31-18-6-4-15(5-7-18)10-20-23(30)25(13-26)14-33-20/h1-7,11,13,19-20H,8-10,12,14H2,(H,27,28). The van der Waals surface area contributed by atoms with E-state index in [9.17, 15) is 19.2 Å². The molecule has 1 heterocycles. The number of imide groups is 1. The number of carbonyl (C=O) groups is 4. The Labute approximate surface area is 199 Å². The fourth-order valence-electron chi connectivity index (χ4n) is 3.16. The number of aliphatic carboxylic acids is 1. The van der Waals surface area contributed by atoms with E-state index in [2.05, 4.69) is 0 Å². The molecule has 2 aromatic carbocycles. The first-order valence-electron chi connectivity index (χ1n) is 10.1. The van der Waals surface area contributed by atoms with E-state index in [1.54, 1.807) is 36.4 Å². The molecule has 0 spiro atoms. The van der Waals surface area contributed by atoms with Crippen molar-refractivity contribution in [2.75, 3.05) is 12.5 Å². The molecule has 174 valence electrons. The number of carboxylic acid groups (broad SMARTS) is 1. The zero-order valence-corrected chi connectivity index (χ0v) is 19.1. The lowest BCUT2D eigenvalue weighted by Crippen LogP contribution is -2.28. The topological polar surface area (TPSA) is 110 Å². The van der Waals surface area contributed by atoms with Crippen molar-refractivity contribution in [2.24, 2.45) is 0 Å². The monoisotopic (exact) mass is 491 g/mol. The Morgan fingerprint density at radius 3 is 2.61 bits per heavy atom. The van der Waals surface area contributed by atoms with Gasteiger partial charge in [-0.15, -0.1) is 11.8 Å². The third-order valence-electron chi connectivity index (χ3n) is 4.88. The maximum absolute atomic E-state index is 12.1. The van der Waals surface area contributed by atoms with Crippen LogP contribution in [-0.4, -0.2) is 52.0 Å². The molecule has 1 saturated heterocycles. The van der Waals surface area contributed by atoms with Gasteiger partial charge in [0.1, 0.15) is 12.4 Å². The van der Waals surface area contributed by atoms with E-state index in [-0.39, 0.29) is 30.6 Å². The van der Waals surface area contributed by atoms with Crippen LogP contribution in [0.15, 0.2) is 48.5 Å². The number of nitrogens with zero attached hydrogens (tertiary/aromatic N) is 1. The number of hydrogen-bond acceptors (Lipinski definition) is 7. The van der Waals surface area contributed by atoms with Crippen molar-refractivity contribution >= 4 is 47.6 Å². The Bertz CT molecular complexity index is 1010. The van der Waals surface area contributed by atoms with Crippen LogP contribution in [0.1, 0.15) is 30.1 Å².